The molecule has 0 unspecified atom stereocenters. The first-order valence-corrected chi connectivity index (χ1v) is 16.1. The average Bonchev–Trinajstić information content (AvgIpc) is 2.85. The molecule has 0 fully saturated rings. The Morgan fingerprint density at radius 3 is 0.971 bits per heavy atom. The van der Waals surface area contributed by atoms with Gasteiger partial charge in [0.15, 0.2) is 0 Å². The van der Waals surface area contributed by atoms with E-state index in [0.717, 1.165) is 12.8 Å². The summed E-state index contributed by atoms with van der Waals surface area (Å²) in [6.45, 7) is 9.29. The quantitative estimate of drug-likeness (QED) is 0.106. The van der Waals surface area contributed by atoms with Crippen molar-refractivity contribution in [3.8, 4) is 0 Å². The molecule has 212 valence electrons. The predicted molar refractivity (Wildman–Crippen MR) is 158 cm³/mol. The van der Waals surface area contributed by atoms with Crippen LogP contribution in [0.1, 0.15) is 188 Å². The van der Waals surface area contributed by atoms with Crippen LogP contribution in [0.2, 0.25) is 0 Å². The van der Waals surface area contributed by atoms with Crippen molar-refractivity contribution in [2.45, 2.75) is 188 Å². The number of carboxylic acids is 1. The summed E-state index contributed by atoms with van der Waals surface area (Å²) in [5.41, 5.74) is 0. The zero-order chi connectivity index (χ0) is 26.1. The molecule has 0 heterocycles. The molecule has 0 aromatic heterocycles. The molecule has 0 aromatic carbocycles. The van der Waals surface area contributed by atoms with Gasteiger partial charge in [0.05, 0.1) is 0 Å². The van der Waals surface area contributed by atoms with Crippen molar-refractivity contribution >= 4 is 5.97 Å². The van der Waals surface area contributed by atoms with Crippen LogP contribution < -0.4 is 5.32 Å². The molecule has 0 spiro atoms. The second-order valence-electron chi connectivity index (χ2n) is 10.7. The van der Waals surface area contributed by atoms with Gasteiger partial charge in [0.2, 0.25) is 0 Å². The van der Waals surface area contributed by atoms with Crippen molar-refractivity contribution in [2.24, 2.45) is 0 Å². The van der Waals surface area contributed by atoms with E-state index < -0.39 is 5.97 Å². The van der Waals surface area contributed by atoms with E-state index in [1.54, 1.807) is 0 Å². The summed E-state index contributed by atoms with van der Waals surface area (Å²) in [5, 5.41) is 12.0. The Hall–Kier alpha value is -0.570. The second kappa shape index (κ2) is 35.6. The lowest BCUT2D eigenvalue weighted by Crippen LogP contribution is -2.16. The Balaban J connectivity index is 0. The van der Waals surface area contributed by atoms with Crippen LogP contribution >= 0.6 is 0 Å². The smallest absolute Gasteiger partial charge is 0.303 e. The van der Waals surface area contributed by atoms with Gasteiger partial charge in [-0.25, -0.2) is 0 Å². The molecule has 0 rings (SSSR count). The first kappa shape index (κ1) is 36.6. The van der Waals surface area contributed by atoms with Crippen LogP contribution in [0, 0.1) is 0 Å². The fourth-order valence-corrected chi connectivity index (χ4v) is 4.48. The second-order valence-corrected chi connectivity index (χ2v) is 10.7. The molecule has 35 heavy (non-hydrogen) atoms. The van der Waals surface area contributed by atoms with Crippen LogP contribution in [0.3, 0.4) is 0 Å². The molecule has 0 atom stereocenters. The topological polar surface area (TPSA) is 49.3 Å². The number of hydrogen-bond acceptors (Lipinski definition) is 2. The van der Waals surface area contributed by atoms with Crippen LogP contribution in [0.4, 0.5) is 0 Å². The highest BCUT2D eigenvalue weighted by Crippen LogP contribution is 2.11. The lowest BCUT2D eigenvalue weighted by atomic mass is 10.1. The molecular weight excluding hydrogens is 430 g/mol. The van der Waals surface area contributed by atoms with Crippen LogP contribution in [0.15, 0.2) is 0 Å². The number of unbranched alkanes of at least 4 members (excludes halogenated alkanes) is 22. The molecule has 0 radical (unpaired) electrons. The summed E-state index contributed by atoms with van der Waals surface area (Å²) in [5.74, 6) is -0.659. The highest BCUT2D eigenvalue weighted by molar-refractivity contribution is 5.66. The van der Waals surface area contributed by atoms with Crippen molar-refractivity contribution in [3.05, 3.63) is 0 Å². The van der Waals surface area contributed by atoms with Crippen LogP contribution in [-0.2, 0) is 4.79 Å². The Labute approximate surface area is 222 Å². The number of hydrogen-bond donors (Lipinski definition) is 2. The van der Waals surface area contributed by atoms with Crippen molar-refractivity contribution in [1.29, 1.82) is 0 Å². The molecule has 0 aliphatic rings. The zero-order valence-electron chi connectivity index (χ0n) is 24.7. The van der Waals surface area contributed by atoms with Gasteiger partial charge in [0.25, 0.3) is 0 Å². The monoisotopic (exact) mass is 498 g/mol. The van der Waals surface area contributed by atoms with Gasteiger partial charge in [-0.15, -0.1) is 0 Å². The van der Waals surface area contributed by atoms with E-state index in [9.17, 15) is 4.79 Å². The fourth-order valence-electron chi connectivity index (χ4n) is 4.48. The number of aliphatic carboxylic acids is 1. The minimum Gasteiger partial charge on any atom is -0.481 e. The molecule has 3 nitrogen and oxygen atoms in total. The number of rotatable bonds is 28. The molecule has 0 aliphatic carbocycles. The van der Waals surface area contributed by atoms with Gasteiger partial charge in [0, 0.05) is 6.42 Å². The molecule has 3 heteroatoms. The third-order valence-corrected chi connectivity index (χ3v) is 6.91. The van der Waals surface area contributed by atoms with E-state index in [4.69, 9.17) is 5.11 Å². The standard InChI is InChI=1S/C20H43N.C12H24O2/c1-3-5-7-9-11-13-15-17-19-21-20-18-16-14-12-10-8-6-4-2;1-2-3-4-5-6-7-8-9-10-11-12(13)14/h21H,3-20H2,1-2H3;2-11H2,1H3,(H,13,14). The minimum absolute atomic E-state index is 0.343. The molecular formula is C32H67NO2. The summed E-state index contributed by atoms with van der Waals surface area (Å²) in [4.78, 5) is 10.2. The van der Waals surface area contributed by atoms with Gasteiger partial charge in [-0.05, 0) is 32.4 Å². The average molecular weight is 498 g/mol. The van der Waals surface area contributed by atoms with E-state index in [1.165, 1.54) is 161 Å². The van der Waals surface area contributed by atoms with Gasteiger partial charge in [-0.1, -0.05) is 162 Å². The van der Waals surface area contributed by atoms with Gasteiger partial charge in [-0.2, -0.15) is 0 Å². The highest BCUT2D eigenvalue weighted by atomic mass is 16.4. The van der Waals surface area contributed by atoms with E-state index in [0.29, 0.717) is 6.42 Å². The number of carbonyl (C=O) groups is 1. The molecule has 0 aromatic rings. The third kappa shape index (κ3) is 40.9. The summed E-state index contributed by atoms with van der Waals surface area (Å²) in [7, 11) is 0. The molecule has 0 amide bonds. The minimum atomic E-state index is -0.659. The van der Waals surface area contributed by atoms with Gasteiger partial charge < -0.3 is 10.4 Å². The van der Waals surface area contributed by atoms with E-state index >= 15 is 0 Å². The van der Waals surface area contributed by atoms with Gasteiger partial charge in [-0.3, -0.25) is 4.79 Å². The maximum absolute atomic E-state index is 10.2. The highest BCUT2D eigenvalue weighted by Gasteiger charge is 1.96. The van der Waals surface area contributed by atoms with E-state index in [2.05, 4.69) is 26.1 Å². The lowest BCUT2D eigenvalue weighted by Gasteiger charge is -2.05. The molecule has 0 saturated carbocycles. The number of nitrogens with one attached hydrogen (secondary N) is 1. The summed E-state index contributed by atoms with van der Waals surface area (Å²) in [6.07, 6.45) is 34.3. The Morgan fingerprint density at radius 2 is 0.686 bits per heavy atom. The number of carboxylic acid groups (broad SMARTS) is 1. The maximum atomic E-state index is 10.2. The maximum Gasteiger partial charge on any atom is 0.303 e. The van der Waals surface area contributed by atoms with Crippen LogP contribution in [0.25, 0.3) is 0 Å². The SMILES string of the molecule is CCCCCCCCCCCC(=O)O.CCCCCCCCCCNCCCCCCCCCC. The first-order chi connectivity index (χ1) is 17.2. The Morgan fingerprint density at radius 1 is 0.429 bits per heavy atom. The van der Waals surface area contributed by atoms with Crippen molar-refractivity contribution in [2.75, 3.05) is 13.1 Å². The molecule has 0 saturated heterocycles. The normalized spacial score (nSPS) is 10.8. The molecule has 0 aliphatic heterocycles. The van der Waals surface area contributed by atoms with Gasteiger partial charge >= 0.3 is 5.97 Å². The van der Waals surface area contributed by atoms with E-state index in [-0.39, 0.29) is 0 Å². The van der Waals surface area contributed by atoms with Crippen LogP contribution in [0.5, 0.6) is 0 Å². The predicted octanol–water partition coefficient (Wildman–Crippen LogP) is 10.8. The zero-order valence-corrected chi connectivity index (χ0v) is 24.7. The fraction of sp³-hybridized carbons (Fsp3) is 0.969. The molecule has 0 bridgehead atoms. The van der Waals surface area contributed by atoms with Crippen molar-refractivity contribution in [1.82, 2.24) is 5.32 Å². The third-order valence-electron chi connectivity index (χ3n) is 6.91. The van der Waals surface area contributed by atoms with E-state index in [1.807, 2.05) is 0 Å². The largest absolute Gasteiger partial charge is 0.481 e. The Kier molecular flexibility index (Phi) is 37.2. The molecule has 2 N–H and O–H groups in total. The first-order valence-electron chi connectivity index (χ1n) is 16.1. The summed E-state index contributed by atoms with van der Waals surface area (Å²) < 4.78 is 0. The summed E-state index contributed by atoms with van der Waals surface area (Å²) in [6, 6.07) is 0. The Bertz CT molecular complexity index is 355. The van der Waals surface area contributed by atoms with Gasteiger partial charge in [0.1, 0.15) is 0 Å². The van der Waals surface area contributed by atoms with Crippen molar-refractivity contribution in [3.63, 3.8) is 0 Å². The lowest BCUT2D eigenvalue weighted by molar-refractivity contribution is -0.137. The summed E-state index contributed by atoms with van der Waals surface area (Å²) >= 11 is 0. The van der Waals surface area contributed by atoms with Crippen LogP contribution in [-0.4, -0.2) is 24.2 Å². The van der Waals surface area contributed by atoms with Crippen molar-refractivity contribution < 1.29 is 9.90 Å².